The first-order chi connectivity index (χ1) is 13.2. The molecule has 0 fully saturated rings. The highest BCUT2D eigenvalue weighted by molar-refractivity contribution is 5.96. The predicted molar refractivity (Wildman–Crippen MR) is 102 cm³/mol. The number of amides is 1. The van der Waals surface area contributed by atoms with Gasteiger partial charge in [-0.15, -0.1) is 0 Å². The highest BCUT2D eigenvalue weighted by atomic mass is 16.5. The number of aliphatic hydroxyl groups excluding tert-OH is 1. The van der Waals surface area contributed by atoms with Gasteiger partial charge in [0.2, 0.25) is 5.91 Å². The van der Waals surface area contributed by atoms with E-state index in [1.54, 1.807) is 0 Å². The Morgan fingerprint density at radius 1 is 1.30 bits per heavy atom. The van der Waals surface area contributed by atoms with Gasteiger partial charge in [-0.05, 0) is 31.0 Å². The lowest BCUT2D eigenvalue weighted by molar-refractivity contribution is -0.120. The molecular weight excluding hydrogens is 344 g/mol. The number of hydrogen-bond acceptors (Lipinski definition) is 5. The van der Waals surface area contributed by atoms with Crippen molar-refractivity contribution in [1.29, 1.82) is 0 Å². The van der Waals surface area contributed by atoms with E-state index in [-0.39, 0.29) is 5.91 Å². The van der Waals surface area contributed by atoms with Crippen molar-refractivity contribution in [2.24, 2.45) is 0 Å². The molecular formula is C20H26N4O3. The molecule has 2 aliphatic heterocycles. The van der Waals surface area contributed by atoms with Gasteiger partial charge in [0.1, 0.15) is 12.4 Å². The molecule has 3 heterocycles. The third-order valence-electron chi connectivity index (χ3n) is 5.23. The van der Waals surface area contributed by atoms with Gasteiger partial charge in [-0.2, -0.15) is 5.10 Å². The standard InChI is InChI=1S/C20H26N4O3/c1-2-18(25)16-12-15-13-22(8-5-9-24(15)21-16)14-20(26)23-10-11-27-19-7-4-3-6-17(19)23/h3-4,6-7,12,18,25H,2,5,8-11,13-14H2,1H3/t18-/m0/s1. The van der Waals surface area contributed by atoms with Gasteiger partial charge >= 0.3 is 0 Å². The monoisotopic (exact) mass is 370 g/mol. The number of anilines is 1. The third kappa shape index (κ3) is 3.70. The summed E-state index contributed by atoms with van der Waals surface area (Å²) in [5, 5.41) is 14.6. The molecule has 1 aromatic heterocycles. The molecule has 0 spiro atoms. The zero-order valence-corrected chi connectivity index (χ0v) is 15.7. The molecule has 1 aromatic carbocycles. The lowest BCUT2D eigenvalue weighted by atomic mass is 10.2. The smallest absolute Gasteiger partial charge is 0.241 e. The lowest BCUT2D eigenvalue weighted by Crippen LogP contribution is -2.44. The van der Waals surface area contributed by atoms with Crippen LogP contribution in [0.4, 0.5) is 5.69 Å². The number of aliphatic hydroxyl groups is 1. The van der Waals surface area contributed by atoms with Crippen molar-refractivity contribution in [3.63, 3.8) is 0 Å². The van der Waals surface area contributed by atoms with Crippen LogP contribution < -0.4 is 9.64 Å². The largest absolute Gasteiger partial charge is 0.490 e. The molecule has 0 saturated carbocycles. The fraction of sp³-hybridized carbons (Fsp3) is 0.500. The summed E-state index contributed by atoms with van der Waals surface area (Å²) in [7, 11) is 0. The van der Waals surface area contributed by atoms with Gasteiger partial charge in [-0.25, -0.2) is 0 Å². The number of para-hydroxylation sites is 2. The Balaban J connectivity index is 1.47. The van der Waals surface area contributed by atoms with Crippen LogP contribution >= 0.6 is 0 Å². The van der Waals surface area contributed by atoms with E-state index >= 15 is 0 Å². The predicted octanol–water partition coefficient (Wildman–Crippen LogP) is 1.96. The second-order valence-corrected chi connectivity index (χ2v) is 7.13. The topological polar surface area (TPSA) is 70.8 Å². The number of nitrogens with zero attached hydrogens (tertiary/aromatic N) is 4. The van der Waals surface area contributed by atoms with Crippen LogP contribution in [0.25, 0.3) is 0 Å². The number of ether oxygens (including phenoxy) is 1. The van der Waals surface area contributed by atoms with E-state index < -0.39 is 6.10 Å². The van der Waals surface area contributed by atoms with Crippen LogP contribution in [0.15, 0.2) is 30.3 Å². The maximum Gasteiger partial charge on any atom is 0.241 e. The van der Waals surface area contributed by atoms with E-state index in [1.807, 2.05) is 46.8 Å². The average Bonchev–Trinajstić information content (AvgIpc) is 3.00. The van der Waals surface area contributed by atoms with Crippen molar-refractivity contribution < 1.29 is 14.6 Å². The summed E-state index contributed by atoms with van der Waals surface area (Å²) in [4.78, 5) is 17.0. The van der Waals surface area contributed by atoms with E-state index in [2.05, 4.69) is 10.00 Å². The molecule has 0 radical (unpaired) electrons. The first kappa shape index (κ1) is 18.0. The minimum Gasteiger partial charge on any atom is -0.490 e. The van der Waals surface area contributed by atoms with Gasteiger partial charge < -0.3 is 14.7 Å². The van der Waals surface area contributed by atoms with Crippen LogP contribution in [0.5, 0.6) is 5.75 Å². The molecule has 1 atom stereocenters. The Kier molecular flexibility index (Phi) is 5.13. The Labute approximate surface area is 159 Å². The first-order valence-electron chi connectivity index (χ1n) is 9.65. The van der Waals surface area contributed by atoms with Crippen molar-refractivity contribution in [3.05, 3.63) is 41.7 Å². The molecule has 2 aromatic rings. The Hall–Kier alpha value is -2.38. The van der Waals surface area contributed by atoms with Gasteiger partial charge in [0.05, 0.1) is 36.3 Å². The number of hydrogen-bond donors (Lipinski definition) is 1. The number of carbonyl (C=O) groups is 1. The first-order valence-corrected chi connectivity index (χ1v) is 9.65. The summed E-state index contributed by atoms with van der Waals surface area (Å²) in [5.41, 5.74) is 2.63. The summed E-state index contributed by atoms with van der Waals surface area (Å²) in [5.74, 6) is 0.858. The quantitative estimate of drug-likeness (QED) is 0.891. The lowest BCUT2D eigenvalue weighted by Gasteiger charge is -2.31. The number of rotatable bonds is 4. The number of benzene rings is 1. The third-order valence-corrected chi connectivity index (χ3v) is 5.23. The van der Waals surface area contributed by atoms with Gasteiger partial charge in [0.25, 0.3) is 0 Å². The molecule has 7 heteroatoms. The van der Waals surface area contributed by atoms with Crippen LogP contribution in [-0.2, 0) is 17.9 Å². The van der Waals surface area contributed by atoms with Gasteiger partial charge in [0.15, 0.2) is 0 Å². The van der Waals surface area contributed by atoms with Gasteiger partial charge in [0, 0.05) is 19.6 Å². The molecule has 7 nitrogen and oxygen atoms in total. The molecule has 27 heavy (non-hydrogen) atoms. The molecule has 0 unspecified atom stereocenters. The van der Waals surface area contributed by atoms with Crippen molar-refractivity contribution in [3.8, 4) is 5.75 Å². The molecule has 0 aliphatic carbocycles. The van der Waals surface area contributed by atoms with Crippen LogP contribution in [0.1, 0.15) is 37.3 Å². The molecule has 4 rings (SSSR count). The number of carbonyl (C=O) groups excluding carboxylic acids is 1. The van der Waals surface area contributed by atoms with E-state index in [9.17, 15) is 9.90 Å². The highest BCUT2D eigenvalue weighted by Gasteiger charge is 2.26. The Morgan fingerprint density at radius 2 is 2.15 bits per heavy atom. The molecule has 0 saturated heterocycles. The fourth-order valence-electron chi connectivity index (χ4n) is 3.76. The van der Waals surface area contributed by atoms with Crippen LogP contribution in [-0.4, -0.2) is 51.9 Å². The Bertz CT molecular complexity index is 819. The summed E-state index contributed by atoms with van der Waals surface area (Å²) < 4.78 is 7.63. The highest BCUT2D eigenvalue weighted by Crippen LogP contribution is 2.31. The Morgan fingerprint density at radius 3 is 3.00 bits per heavy atom. The van der Waals surface area contributed by atoms with Crippen molar-refractivity contribution in [2.75, 3.05) is 31.1 Å². The van der Waals surface area contributed by atoms with E-state index in [0.717, 1.165) is 42.3 Å². The van der Waals surface area contributed by atoms with Gasteiger partial charge in [-0.1, -0.05) is 19.1 Å². The maximum atomic E-state index is 13.0. The van der Waals surface area contributed by atoms with E-state index in [4.69, 9.17) is 4.74 Å². The summed E-state index contributed by atoms with van der Waals surface area (Å²) in [6.07, 6.45) is 1.06. The minimum absolute atomic E-state index is 0.0903. The molecule has 1 amide bonds. The van der Waals surface area contributed by atoms with Crippen molar-refractivity contribution in [2.45, 2.75) is 39.0 Å². The summed E-state index contributed by atoms with van der Waals surface area (Å²) >= 11 is 0. The maximum absolute atomic E-state index is 13.0. The summed E-state index contributed by atoms with van der Waals surface area (Å²) in [6.45, 7) is 5.75. The van der Waals surface area contributed by atoms with Gasteiger partial charge in [-0.3, -0.25) is 14.4 Å². The molecule has 2 aliphatic rings. The van der Waals surface area contributed by atoms with Crippen molar-refractivity contribution in [1.82, 2.24) is 14.7 Å². The normalized spacial score (nSPS) is 18.2. The molecule has 0 bridgehead atoms. The van der Waals surface area contributed by atoms with E-state index in [0.29, 0.717) is 32.7 Å². The van der Waals surface area contributed by atoms with Crippen LogP contribution in [0.3, 0.4) is 0 Å². The number of fused-ring (bicyclic) bond motifs is 2. The second-order valence-electron chi connectivity index (χ2n) is 7.13. The fourth-order valence-corrected chi connectivity index (χ4v) is 3.76. The summed E-state index contributed by atoms with van der Waals surface area (Å²) in [6, 6.07) is 9.66. The van der Waals surface area contributed by atoms with Crippen LogP contribution in [0.2, 0.25) is 0 Å². The van der Waals surface area contributed by atoms with Crippen LogP contribution in [0, 0.1) is 0 Å². The zero-order valence-electron chi connectivity index (χ0n) is 15.7. The minimum atomic E-state index is -0.524. The molecule has 144 valence electrons. The second kappa shape index (κ2) is 7.70. The number of aromatic nitrogens is 2. The van der Waals surface area contributed by atoms with E-state index in [1.165, 1.54) is 0 Å². The number of aryl methyl sites for hydroxylation is 1. The molecule has 1 N–H and O–H groups in total. The average molecular weight is 370 g/mol. The van der Waals surface area contributed by atoms with Crippen molar-refractivity contribution >= 4 is 11.6 Å². The SMILES string of the molecule is CC[C@H](O)c1cc2n(n1)CCCN(CC(=O)N1CCOc3ccccc31)C2. The zero-order chi connectivity index (χ0) is 18.8.